The van der Waals surface area contributed by atoms with Gasteiger partial charge in [0.15, 0.2) is 5.03 Å². The maximum absolute atomic E-state index is 12.2. The molecular weight excluding hydrogens is 250 g/mol. The van der Waals surface area contributed by atoms with Crippen LogP contribution in [0.4, 0.5) is 5.69 Å². The largest absolute Gasteiger partial charge is 0.396 e. The Morgan fingerprint density at radius 1 is 1.33 bits per heavy atom. The lowest BCUT2D eigenvalue weighted by atomic mass is 10.2. The van der Waals surface area contributed by atoms with Gasteiger partial charge in [0.2, 0.25) is 9.84 Å². The lowest BCUT2D eigenvalue weighted by Gasteiger charge is -2.06. The molecule has 0 amide bonds. The van der Waals surface area contributed by atoms with Crippen LogP contribution >= 0.6 is 0 Å². The fourth-order valence-corrected chi connectivity index (χ4v) is 3.03. The Morgan fingerprint density at radius 3 is 2.78 bits per heavy atom. The molecule has 0 saturated carbocycles. The van der Waals surface area contributed by atoms with Crippen LogP contribution in [0.25, 0.3) is 0 Å². The topological polar surface area (TPSA) is 85.9 Å². The van der Waals surface area contributed by atoms with E-state index in [4.69, 9.17) is 5.73 Å². The van der Waals surface area contributed by atoms with Gasteiger partial charge >= 0.3 is 0 Å². The minimum atomic E-state index is -3.54. The molecular formula is C12H13N3O2S. The summed E-state index contributed by atoms with van der Waals surface area (Å²) in [6.45, 7) is 1.86. The van der Waals surface area contributed by atoms with Gasteiger partial charge < -0.3 is 5.73 Å². The van der Waals surface area contributed by atoms with E-state index in [1.807, 2.05) is 6.92 Å². The number of pyridine rings is 2. The van der Waals surface area contributed by atoms with Gasteiger partial charge in [0, 0.05) is 18.6 Å². The highest BCUT2D eigenvalue weighted by Crippen LogP contribution is 2.19. The van der Waals surface area contributed by atoms with E-state index >= 15 is 0 Å². The van der Waals surface area contributed by atoms with Crippen molar-refractivity contribution in [2.75, 3.05) is 5.73 Å². The van der Waals surface area contributed by atoms with Crippen LogP contribution in [0.1, 0.15) is 11.1 Å². The lowest BCUT2D eigenvalue weighted by Crippen LogP contribution is -2.10. The van der Waals surface area contributed by atoms with Gasteiger partial charge in [-0.2, -0.15) is 0 Å². The van der Waals surface area contributed by atoms with Crippen molar-refractivity contribution in [3.8, 4) is 0 Å². The molecule has 0 bridgehead atoms. The Hall–Kier alpha value is -1.95. The van der Waals surface area contributed by atoms with Crippen molar-refractivity contribution in [3.05, 3.63) is 47.9 Å². The van der Waals surface area contributed by atoms with Crippen LogP contribution in [-0.4, -0.2) is 18.4 Å². The van der Waals surface area contributed by atoms with Gasteiger partial charge in [0.25, 0.3) is 0 Å². The number of nitrogens with two attached hydrogens (primary N) is 1. The zero-order valence-corrected chi connectivity index (χ0v) is 10.7. The van der Waals surface area contributed by atoms with E-state index in [0.717, 1.165) is 5.56 Å². The molecule has 0 aliphatic rings. The number of aryl methyl sites for hydroxylation is 1. The van der Waals surface area contributed by atoms with Gasteiger partial charge in [-0.25, -0.2) is 13.4 Å². The second-order valence-corrected chi connectivity index (χ2v) is 5.93. The first-order valence-corrected chi connectivity index (χ1v) is 6.98. The second-order valence-electron chi connectivity index (χ2n) is 4.03. The smallest absolute Gasteiger partial charge is 0.201 e. The Balaban J connectivity index is 2.37. The molecule has 0 atom stereocenters. The monoisotopic (exact) mass is 263 g/mol. The third-order valence-electron chi connectivity index (χ3n) is 2.38. The summed E-state index contributed by atoms with van der Waals surface area (Å²) in [6.07, 6.45) is 4.62. The third kappa shape index (κ3) is 2.65. The molecule has 0 aromatic carbocycles. The summed E-state index contributed by atoms with van der Waals surface area (Å²) >= 11 is 0. The molecule has 18 heavy (non-hydrogen) atoms. The first-order valence-electron chi connectivity index (χ1n) is 5.33. The predicted molar refractivity (Wildman–Crippen MR) is 68.5 cm³/mol. The maximum atomic E-state index is 12.2. The highest BCUT2D eigenvalue weighted by molar-refractivity contribution is 7.90. The normalized spacial score (nSPS) is 11.4. The van der Waals surface area contributed by atoms with E-state index in [0.29, 0.717) is 5.56 Å². The first kappa shape index (κ1) is 12.5. The molecule has 2 heterocycles. The molecule has 2 aromatic rings. The number of hydrogen-bond donors (Lipinski definition) is 1. The van der Waals surface area contributed by atoms with Gasteiger partial charge in [-0.3, -0.25) is 4.98 Å². The van der Waals surface area contributed by atoms with Crippen molar-refractivity contribution in [3.63, 3.8) is 0 Å². The zero-order valence-electron chi connectivity index (χ0n) is 9.87. The van der Waals surface area contributed by atoms with Gasteiger partial charge in [-0.05, 0) is 30.2 Å². The predicted octanol–water partition coefficient (Wildman–Crippen LogP) is 1.34. The first-order chi connectivity index (χ1) is 8.49. The van der Waals surface area contributed by atoms with Crippen molar-refractivity contribution in [2.45, 2.75) is 17.7 Å². The number of anilines is 1. The average Bonchev–Trinajstić information content (AvgIpc) is 2.28. The molecule has 2 aromatic heterocycles. The second kappa shape index (κ2) is 4.73. The van der Waals surface area contributed by atoms with Crippen molar-refractivity contribution in [1.82, 2.24) is 9.97 Å². The van der Waals surface area contributed by atoms with E-state index in [-0.39, 0.29) is 16.5 Å². The van der Waals surface area contributed by atoms with E-state index < -0.39 is 9.84 Å². The van der Waals surface area contributed by atoms with Gasteiger partial charge in [-0.1, -0.05) is 6.07 Å². The zero-order chi connectivity index (χ0) is 13.2. The molecule has 6 heteroatoms. The summed E-state index contributed by atoms with van der Waals surface area (Å²) in [5.74, 6) is -0.150. The fraction of sp³-hybridized carbons (Fsp3) is 0.167. The van der Waals surface area contributed by atoms with Crippen LogP contribution in [-0.2, 0) is 15.6 Å². The molecule has 0 unspecified atom stereocenters. The molecule has 5 nitrogen and oxygen atoms in total. The summed E-state index contributed by atoms with van der Waals surface area (Å²) in [7, 11) is -3.54. The molecule has 0 spiro atoms. The summed E-state index contributed by atoms with van der Waals surface area (Å²) in [5.41, 5.74) is 7.34. The molecule has 0 aliphatic heterocycles. The van der Waals surface area contributed by atoms with E-state index in [1.54, 1.807) is 18.3 Å². The number of hydrogen-bond acceptors (Lipinski definition) is 5. The van der Waals surface area contributed by atoms with Crippen LogP contribution < -0.4 is 5.73 Å². The Labute approximate surface area is 106 Å². The molecule has 0 aliphatic carbocycles. The summed E-state index contributed by atoms with van der Waals surface area (Å²) < 4.78 is 24.3. The van der Waals surface area contributed by atoms with Crippen molar-refractivity contribution >= 4 is 15.5 Å². The average molecular weight is 263 g/mol. The summed E-state index contributed by atoms with van der Waals surface area (Å²) in [6, 6.07) is 4.90. The number of nitrogens with zero attached hydrogens (tertiary/aromatic N) is 2. The van der Waals surface area contributed by atoms with Gasteiger partial charge in [-0.15, -0.1) is 0 Å². The van der Waals surface area contributed by atoms with E-state index in [1.165, 1.54) is 18.5 Å². The quantitative estimate of drug-likeness (QED) is 0.903. The highest BCUT2D eigenvalue weighted by atomic mass is 32.2. The Morgan fingerprint density at radius 2 is 2.11 bits per heavy atom. The third-order valence-corrected chi connectivity index (χ3v) is 4.03. The van der Waals surface area contributed by atoms with E-state index in [9.17, 15) is 8.42 Å². The number of rotatable bonds is 3. The summed E-state index contributed by atoms with van der Waals surface area (Å²) in [4.78, 5) is 7.80. The van der Waals surface area contributed by atoms with Crippen molar-refractivity contribution in [1.29, 1.82) is 0 Å². The van der Waals surface area contributed by atoms with E-state index in [2.05, 4.69) is 9.97 Å². The molecule has 0 fully saturated rings. The highest BCUT2D eigenvalue weighted by Gasteiger charge is 2.19. The minimum absolute atomic E-state index is 0.0773. The van der Waals surface area contributed by atoms with Gasteiger partial charge in [0.1, 0.15) is 0 Å². The molecule has 2 rings (SSSR count). The lowest BCUT2D eigenvalue weighted by molar-refractivity contribution is 0.592. The van der Waals surface area contributed by atoms with Crippen LogP contribution in [0.2, 0.25) is 0 Å². The standard InChI is InChI=1S/C12H13N3O2S/c1-9-5-10(7-14-6-9)8-18(16,17)12-11(13)3-2-4-15-12/h2-7H,8,13H2,1H3. The molecule has 0 radical (unpaired) electrons. The molecule has 0 saturated heterocycles. The van der Waals surface area contributed by atoms with Crippen LogP contribution in [0.5, 0.6) is 0 Å². The number of nitrogen functional groups attached to an aromatic ring is 1. The number of sulfone groups is 1. The Bertz CT molecular complexity index is 669. The molecule has 94 valence electrons. The fourth-order valence-electron chi connectivity index (χ4n) is 1.65. The summed E-state index contributed by atoms with van der Waals surface area (Å²) in [5, 5.41) is -0.0773. The minimum Gasteiger partial charge on any atom is -0.396 e. The van der Waals surface area contributed by atoms with Gasteiger partial charge in [0.05, 0.1) is 11.4 Å². The Kier molecular flexibility index (Phi) is 3.29. The van der Waals surface area contributed by atoms with Crippen LogP contribution in [0, 0.1) is 6.92 Å². The van der Waals surface area contributed by atoms with Crippen LogP contribution in [0.15, 0.2) is 41.8 Å². The van der Waals surface area contributed by atoms with Crippen molar-refractivity contribution < 1.29 is 8.42 Å². The van der Waals surface area contributed by atoms with Crippen LogP contribution in [0.3, 0.4) is 0 Å². The maximum Gasteiger partial charge on any atom is 0.201 e. The van der Waals surface area contributed by atoms with Crippen molar-refractivity contribution in [2.24, 2.45) is 0 Å². The SMILES string of the molecule is Cc1cncc(CS(=O)(=O)c2ncccc2N)c1. The molecule has 2 N–H and O–H groups in total. The number of aromatic nitrogens is 2.